The summed E-state index contributed by atoms with van der Waals surface area (Å²) in [7, 11) is 0. The molecule has 3 amide bonds. The lowest BCUT2D eigenvalue weighted by molar-refractivity contribution is -0.119. The zero-order valence-corrected chi connectivity index (χ0v) is 21.7. The number of benzene rings is 3. The number of nitrogens with one attached hydrogen (secondary N) is 1. The van der Waals surface area contributed by atoms with Crippen LogP contribution in [0.4, 0.5) is 16.2 Å². The molecular formula is C31H32N4O2. The van der Waals surface area contributed by atoms with Crippen LogP contribution in [0, 0.1) is 13.8 Å². The number of hydrogen-bond acceptors (Lipinski definition) is 2. The van der Waals surface area contributed by atoms with Gasteiger partial charge in [0.1, 0.15) is 12.6 Å². The highest BCUT2D eigenvalue weighted by Crippen LogP contribution is 2.42. The van der Waals surface area contributed by atoms with E-state index in [1.54, 1.807) is 4.90 Å². The summed E-state index contributed by atoms with van der Waals surface area (Å²) in [6, 6.07) is 27.1. The van der Waals surface area contributed by atoms with Crippen molar-refractivity contribution in [3.63, 3.8) is 0 Å². The maximum atomic E-state index is 14.2. The zero-order chi connectivity index (χ0) is 26.1. The van der Waals surface area contributed by atoms with E-state index < -0.39 is 0 Å². The summed E-state index contributed by atoms with van der Waals surface area (Å²) in [5.41, 5.74) is 6.66. The van der Waals surface area contributed by atoms with Gasteiger partial charge in [0.2, 0.25) is 5.91 Å². The van der Waals surface area contributed by atoms with Crippen LogP contribution >= 0.6 is 0 Å². The van der Waals surface area contributed by atoms with Gasteiger partial charge in [-0.3, -0.25) is 9.69 Å². The first-order valence-corrected chi connectivity index (χ1v) is 12.6. The van der Waals surface area contributed by atoms with Crippen molar-refractivity contribution in [2.75, 3.05) is 16.8 Å². The molecule has 6 nitrogen and oxygen atoms in total. The third-order valence-corrected chi connectivity index (χ3v) is 7.14. The summed E-state index contributed by atoms with van der Waals surface area (Å²) in [5.74, 6) is -0.140. The van der Waals surface area contributed by atoms with Crippen LogP contribution in [0.2, 0.25) is 0 Å². The van der Waals surface area contributed by atoms with Gasteiger partial charge in [0.25, 0.3) is 0 Å². The lowest BCUT2D eigenvalue weighted by Crippen LogP contribution is -2.49. The van der Waals surface area contributed by atoms with Crippen LogP contribution in [0.15, 0.2) is 91.1 Å². The summed E-state index contributed by atoms with van der Waals surface area (Å²) in [6.07, 6.45) is 2.03. The predicted octanol–water partition coefficient (Wildman–Crippen LogP) is 6.47. The number of para-hydroxylation sites is 2. The van der Waals surface area contributed by atoms with Gasteiger partial charge >= 0.3 is 6.03 Å². The van der Waals surface area contributed by atoms with E-state index in [0.29, 0.717) is 0 Å². The molecule has 0 unspecified atom stereocenters. The number of anilines is 2. The Morgan fingerprint density at radius 1 is 0.865 bits per heavy atom. The number of carbonyl (C=O) groups excluding carboxylic acids is 2. The van der Waals surface area contributed by atoms with Gasteiger partial charge in [-0.25, -0.2) is 4.79 Å². The molecule has 0 bridgehead atoms. The molecule has 1 N–H and O–H groups in total. The number of fused-ring (bicyclic) bond motifs is 3. The van der Waals surface area contributed by atoms with Crippen LogP contribution in [0.25, 0.3) is 5.69 Å². The molecule has 4 aromatic rings. The third kappa shape index (κ3) is 4.51. The highest BCUT2D eigenvalue weighted by molar-refractivity contribution is 6.01. The topological polar surface area (TPSA) is 57.6 Å². The molecule has 6 heteroatoms. The van der Waals surface area contributed by atoms with Crippen LogP contribution in [0.1, 0.15) is 42.3 Å². The average Bonchev–Trinajstić information content (AvgIpc) is 3.39. The Hall–Kier alpha value is -4.32. The second kappa shape index (κ2) is 9.97. The molecule has 0 aliphatic carbocycles. The fourth-order valence-electron chi connectivity index (χ4n) is 5.00. The first kappa shape index (κ1) is 24.4. The van der Waals surface area contributed by atoms with Gasteiger partial charge < -0.3 is 14.8 Å². The van der Waals surface area contributed by atoms with Gasteiger partial charge in [-0.15, -0.1) is 0 Å². The second-order valence-corrected chi connectivity index (χ2v) is 9.77. The molecule has 37 heavy (non-hydrogen) atoms. The molecule has 0 fully saturated rings. The Morgan fingerprint density at radius 3 is 2.30 bits per heavy atom. The minimum absolute atomic E-state index is 0.0489. The van der Waals surface area contributed by atoms with E-state index in [-0.39, 0.29) is 30.6 Å². The lowest BCUT2D eigenvalue weighted by atomic mass is 9.97. The van der Waals surface area contributed by atoms with Crippen molar-refractivity contribution in [1.29, 1.82) is 0 Å². The Morgan fingerprint density at radius 2 is 1.57 bits per heavy atom. The van der Waals surface area contributed by atoms with Crippen LogP contribution in [-0.4, -0.2) is 34.0 Å². The minimum Gasteiger partial charge on any atom is -0.316 e. The average molecular weight is 493 g/mol. The Balaban J connectivity index is 1.51. The number of rotatable bonds is 5. The quantitative estimate of drug-likeness (QED) is 0.347. The van der Waals surface area contributed by atoms with E-state index in [9.17, 15) is 9.59 Å². The molecule has 2 heterocycles. The first-order chi connectivity index (χ1) is 17.9. The van der Waals surface area contributed by atoms with Crippen molar-refractivity contribution in [2.45, 2.75) is 39.8 Å². The van der Waals surface area contributed by atoms with Crippen molar-refractivity contribution < 1.29 is 9.59 Å². The smallest absolute Gasteiger partial charge is 0.316 e. The Bertz CT molecular complexity index is 1440. The van der Waals surface area contributed by atoms with Crippen molar-refractivity contribution in [3.05, 3.63) is 114 Å². The number of amides is 3. The van der Waals surface area contributed by atoms with Crippen molar-refractivity contribution in [2.24, 2.45) is 0 Å². The fraction of sp³-hybridized carbons (Fsp3) is 0.226. The Kier molecular flexibility index (Phi) is 6.57. The SMILES string of the molecule is Cc1cccc(NC(=O)N(CC(=O)N2c3ccccc3-n3cccc3[C@H]2c2ccccc2)C(C)C)c1C. The summed E-state index contributed by atoms with van der Waals surface area (Å²) >= 11 is 0. The van der Waals surface area contributed by atoms with Gasteiger partial charge in [0.05, 0.1) is 17.1 Å². The number of aryl methyl sites for hydroxylation is 1. The summed E-state index contributed by atoms with van der Waals surface area (Å²) in [5, 5.41) is 3.03. The first-order valence-electron chi connectivity index (χ1n) is 12.6. The van der Waals surface area contributed by atoms with Gasteiger partial charge in [-0.1, -0.05) is 54.6 Å². The highest BCUT2D eigenvalue weighted by Gasteiger charge is 2.37. The van der Waals surface area contributed by atoms with E-state index in [1.165, 1.54) is 0 Å². The molecule has 0 spiro atoms. The maximum absolute atomic E-state index is 14.2. The van der Waals surface area contributed by atoms with E-state index in [1.807, 2.05) is 118 Å². The van der Waals surface area contributed by atoms with Crippen LogP contribution in [0.3, 0.4) is 0 Å². The van der Waals surface area contributed by atoms with Gasteiger partial charge in [-0.05, 0) is 74.7 Å². The summed E-state index contributed by atoms with van der Waals surface area (Å²) < 4.78 is 2.14. The molecular weight excluding hydrogens is 460 g/mol. The zero-order valence-electron chi connectivity index (χ0n) is 21.7. The molecule has 1 aromatic heterocycles. The molecule has 188 valence electrons. The second-order valence-electron chi connectivity index (χ2n) is 9.77. The van der Waals surface area contributed by atoms with Crippen molar-refractivity contribution >= 4 is 23.3 Å². The minimum atomic E-state index is -0.310. The normalized spacial score (nSPS) is 14.2. The molecule has 0 saturated carbocycles. The number of nitrogens with zero attached hydrogens (tertiary/aromatic N) is 3. The standard InChI is InChI=1S/C31H32N4O2/c1-21(2)34(31(37)32-25-15-10-12-22(3)23(25)4)20-29(36)35-27-17-9-8-16-26(27)33-19-11-18-28(33)30(35)24-13-6-5-7-14-24/h5-19,21,30H,20H2,1-4H3,(H,32,37)/t30-/m1/s1. The highest BCUT2D eigenvalue weighted by atomic mass is 16.2. The van der Waals surface area contributed by atoms with Crippen molar-refractivity contribution in [3.8, 4) is 5.69 Å². The van der Waals surface area contributed by atoms with Gasteiger partial charge in [0.15, 0.2) is 0 Å². The largest absolute Gasteiger partial charge is 0.322 e. The Labute approximate surface area is 218 Å². The fourth-order valence-corrected chi connectivity index (χ4v) is 5.00. The van der Waals surface area contributed by atoms with Crippen molar-refractivity contribution in [1.82, 2.24) is 9.47 Å². The van der Waals surface area contributed by atoms with Crippen LogP contribution in [0.5, 0.6) is 0 Å². The van der Waals surface area contributed by atoms with Gasteiger partial charge in [0, 0.05) is 17.9 Å². The molecule has 0 radical (unpaired) electrons. The van der Waals surface area contributed by atoms with Gasteiger partial charge in [-0.2, -0.15) is 0 Å². The van der Waals surface area contributed by atoms with E-state index in [0.717, 1.165) is 39.4 Å². The number of hydrogen-bond donors (Lipinski definition) is 1. The molecule has 0 saturated heterocycles. The summed E-state index contributed by atoms with van der Waals surface area (Å²) in [6.45, 7) is 7.81. The van der Waals surface area contributed by atoms with E-state index >= 15 is 0 Å². The van der Waals surface area contributed by atoms with Crippen LogP contribution in [-0.2, 0) is 4.79 Å². The number of aromatic nitrogens is 1. The van der Waals surface area contributed by atoms with E-state index in [4.69, 9.17) is 0 Å². The van der Waals surface area contributed by atoms with Crippen LogP contribution < -0.4 is 10.2 Å². The molecule has 1 aliphatic heterocycles. The maximum Gasteiger partial charge on any atom is 0.322 e. The molecule has 1 atom stereocenters. The molecule has 5 rings (SSSR count). The number of urea groups is 1. The lowest BCUT2D eigenvalue weighted by Gasteiger charge is -2.40. The molecule has 3 aromatic carbocycles. The summed E-state index contributed by atoms with van der Waals surface area (Å²) in [4.78, 5) is 31.0. The third-order valence-electron chi connectivity index (χ3n) is 7.14. The predicted molar refractivity (Wildman–Crippen MR) is 148 cm³/mol. The number of carbonyl (C=O) groups is 2. The van der Waals surface area contributed by atoms with E-state index in [2.05, 4.69) is 16.0 Å². The monoisotopic (exact) mass is 492 g/mol. The molecule has 1 aliphatic rings.